The molecule has 1 atom stereocenters. The topological polar surface area (TPSA) is 40.7 Å². The minimum Gasteiger partial charge on any atom is -0.347 e. The van der Waals surface area contributed by atoms with E-state index >= 15 is 0 Å². The van der Waals surface area contributed by atoms with Gasteiger partial charge < -0.3 is 10.3 Å². The Balaban J connectivity index is 2.01. The zero-order chi connectivity index (χ0) is 10.9. The number of imidazole rings is 1. The number of nitrogens with one attached hydrogen (secondary N) is 2. The summed E-state index contributed by atoms with van der Waals surface area (Å²) < 4.78 is 0. The van der Waals surface area contributed by atoms with Crippen LogP contribution in [0.15, 0.2) is 12.5 Å². The lowest BCUT2D eigenvalue weighted by Gasteiger charge is -2.12. The van der Waals surface area contributed by atoms with Gasteiger partial charge in [0.1, 0.15) is 0 Å². The van der Waals surface area contributed by atoms with E-state index in [9.17, 15) is 0 Å². The predicted octanol–water partition coefficient (Wildman–Crippen LogP) is 2.86. The zero-order valence-corrected chi connectivity index (χ0v) is 9.92. The third kappa shape index (κ3) is 5.57. The van der Waals surface area contributed by atoms with E-state index in [0.29, 0.717) is 6.04 Å². The van der Waals surface area contributed by atoms with Crippen molar-refractivity contribution in [2.24, 2.45) is 0 Å². The Hall–Kier alpha value is -0.830. The molecule has 1 aromatic rings. The van der Waals surface area contributed by atoms with Crippen LogP contribution in [0.3, 0.4) is 0 Å². The van der Waals surface area contributed by atoms with Crippen molar-refractivity contribution in [3.63, 3.8) is 0 Å². The molecular formula is C12H23N3. The first-order valence-corrected chi connectivity index (χ1v) is 6.03. The highest BCUT2D eigenvalue weighted by molar-refractivity contribution is 4.93. The number of aromatic amines is 1. The molecule has 1 unspecified atom stereocenters. The second-order valence-corrected chi connectivity index (χ2v) is 4.21. The smallest absolute Gasteiger partial charge is 0.0922 e. The van der Waals surface area contributed by atoms with Crippen LogP contribution in [0.5, 0.6) is 0 Å². The van der Waals surface area contributed by atoms with Gasteiger partial charge in [-0.05, 0) is 13.3 Å². The van der Waals surface area contributed by atoms with Crippen molar-refractivity contribution >= 4 is 0 Å². The van der Waals surface area contributed by atoms with Crippen molar-refractivity contribution in [2.45, 2.75) is 58.5 Å². The average molecular weight is 209 g/mol. The fraction of sp³-hybridized carbons (Fsp3) is 0.750. The monoisotopic (exact) mass is 209 g/mol. The second kappa shape index (κ2) is 7.46. The van der Waals surface area contributed by atoms with E-state index in [1.807, 2.05) is 6.20 Å². The van der Waals surface area contributed by atoms with Gasteiger partial charge in [0.05, 0.1) is 6.33 Å². The molecule has 2 N–H and O–H groups in total. The standard InChI is InChI=1S/C12H23N3/c1-3-4-5-6-7-11(2)14-9-12-8-13-10-15-12/h8,10-11,14H,3-7,9H2,1-2H3,(H,13,15). The van der Waals surface area contributed by atoms with E-state index in [1.54, 1.807) is 6.33 Å². The number of unbranched alkanes of at least 4 members (excludes halogenated alkanes) is 3. The molecule has 86 valence electrons. The molecule has 0 aliphatic rings. The van der Waals surface area contributed by atoms with Crippen molar-refractivity contribution < 1.29 is 0 Å². The molecule has 1 heterocycles. The Morgan fingerprint density at radius 3 is 2.93 bits per heavy atom. The largest absolute Gasteiger partial charge is 0.347 e. The molecule has 0 aliphatic heterocycles. The predicted molar refractivity (Wildman–Crippen MR) is 63.6 cm³/mol. The molecule has 1 rings (SSSR count). The van der Waals surface area contributed by atoms with Crippen LogP contribution >= 0.6 is 0 Å². The average Bonchev–Trinajstić information content (AvgIpc) is 2.74. The van der Waals surface area contributed by atoms with Crippen molar-refractivity contribution in [2.75, 3.05) is 0 Å². The van der Waals surface area contributed by atoms with Gasteiger partial charge in [0.25, 0.3) is 0 Å². The first-order chi connectivity index (χ1) is 7.33. The molecule has 0 saturated carbocycles. The number of nitrogens with zero attached hydrogens (tertiary/aromatic N) is 1. The first-order valence-electron chi connectivity index (χ1n) is 6.03. The summed E-state index contributed by atoms with van der Waals surface area (Å²) in [5.41, 5.74) is 1.16. The molecule has 3 heteroatoms. The van der Waals surface area contributed by atoms with E-state index in [1.165, 1.54) is 32.1 Å². The summed E-state index contributed by atoms with van der Waals surface area (Å²) in [6.45, 7) is 5.40. The third-order valence-electron chi connectivity index (χ3n) is 2.69. The number of aromatic nitrogens is 2. The SMILES string of the molecule is CCCCCCC(C)NCc1cnc[nH]1. The maximum absolute atomic E-state index is 3.99. The molecule has 0 saturated heterocycles. The Kier molecular flexibility index (Phi) is 6.09. The third-order valence-corrected chi connectivity index (χ3v) is 2.69. The molecule has 1 aromatic heterocycles. The van der Waals surface area contributed by atoms with Crippen LogP contribution in [0.4, 0.5) is 0 Å². The quantitative estimate of drug-likeness (QED) is 0.646. The summed E-state index contributed by atoms with van der Waals surface area (Å²) in [4.78, 5) is 7.09. The molecule has 0 fully saturated rings. The van der Waals surface area contributed by atoms with Gasteiger partial charge in [0.15, 0.2) is 0 Å². The van der Waals surface area contributed by atoms with E-state index < -0.39 is 0 Å². The minimum atomic E-state index is 0.602. The number of hydrogen-bond donors (Lipinski definition) is 2. The minimum absolute atomic E-state index is 0.602. The van der Waals surface area contributed by atoms with Gasteiger partial charge in [-0.2, -0.15) is 0 Å². The van der Waals surface area contributed by atoms with Crippen molar-refractivity contribution in [1.82, 2.24) is 15.3 Å². The summed E-state index contributed by atoms with van der Waals surface area (Å²) in [5.74, 6) is 0. The molecule has 3 nitrogen and oxygen atoms in total. The normalized spacial score (nSPS) is 12.9. The summed E-state index contributed by atoms with van der Waals surface area (Å²) in [6.07, 6.45) is 10.3. The van der Waals surface area contributed by atoms with Crippen LogP contribution in [0.1, 0.15) is 51.6 Å². The molecule has 0 aromatic carbocycles. The van der Waals surface area contributed by atoms with Gasteiger partial charge in [0, 0.05) is 24.5 Å². The Bertz CT molecular complexity index is 231. The van der Waals surface area contributed by atoms with Gasteiger partial charge >= 0.3 is 0 Å². The van der Waals surface area contributed by atoms with E-state index in [0.717, 1.165) is 12.2 Å². The highest BCUT2D eigenvalue weighted by Crippen LogP contribution is 2.05. The van der Waals surface area contributed by atoms with Crippen molar-refractivity contribution in [3.05, 3.63) is 18.2 Å². The van der Waals surface area contributed by atoms with E-state index in [4.69, 9.17) is 0 Å². The van der Waals surface area contributed by atoms with Crippen molar-refractivity contribution in [3.8, 4) is 0 Å². The number of rotatable bonds is 8. The van der Waals surface area contributed by atoms with Crippen LogP contribution in [-0.4, -0.2) is 16.0 Å². The highest BCUT2D eigenvalue weighted by atomic mass is 14.9. The first kappa shape index (κ1) is 12.2. The van der Waals surface area contributed by atoms with Crippen LogP contribution in [-0.2, 0) is 6.54 Å². The molecule has 0 aliphatic carbocycles. The van der Waals surface area contributed by atoms with Crippen molar-refractivity contribution in [1.29, 1.82) is 0 Å². The van der Waals surface area contributed by atoms with Crippen LogP contribution in [0.2, 0.25) is 0 Å². The Labute approximate surface area is 92.7 Å². The van der Waals surface area contributed by atoms with Crippen LogP contribution in [0.25, 0.3) is 0 Å². The van der Waals surface area contributed by atoms with Gasteiger partial charge in [-0.3, -0.25) is 0 Å². The molecule has 0 amide bonds. The summed E-state index contributed by atoms with van der Waals surface area (Å²) >= 11 is 0. The van der Waals surface area contributed by atoms with Crippen LogP contribution in [0, 0.1) is 0 Å². The molecular weight excluding hydrogens is 186 g/mol. The summed E-state index contributed by atoms with van der Waals surface area (Å²) in [6, 6.07) is 0.602. The second-order valence-electron chi connectivity index (χ2n) is 4.21. The number of H-pyrrole nitrogens is 1. The van der Waals surface area contributed by atoms with Crippen LogP contribution < -0.4 is 5.32 Å². The lowest BCUT2D eigenvalue weighted by molar-refractivity contribution is 0.480. The number of hydrogen-bond acceptors (Lipinski definition) is 2. The van der Waals surface area contributed by atoms with E-state index in [-0.39, 0.29) is 0 Å². The van der Waals surface area contributed by atoms with Gasteiger partial charge in [-0.1, -0.05) is 32.6 Å². The maximum atomic E-state index is 3.99. The van der Waals surface area contributed by atoms with Gasteiger partial charge in [-0.25, -0.2) is 4.98 Å². The fourth-order valence-corrected chi connectivity index (χ4v) is 1.64. The van der Waals surface area contributed by atoms with E-state index in [2.05, 4.69) is 29.1 Å². The summed E-state index contributed by atoms with van der Waals surface area (Å²) in [7, 11) is 0. The molecule has 0 spiro atoms. The zero-order valence-electron chi connectivity index (χ0n) is 9.92. The lowest BCUT2D eigenvalue weighted by atomic mass is 10.1. The maximum Gasteiger partial charge on any atom is 0.0922 e. The Morgan fingerprint density at radius 1 is 1.40 bits per heavy atom. The Morgan fingerprint density at radius 2 is 2.27 bits per heavy atom. The molecule has 15 heavy (non-hydrogen) atoms. The van der Waals surface area contributed by atoms with Gasteiger partial charge in [-0.15, -0.1) is 0 Å². The van der Waals surface area contributed by atoms with Gasteiger partial charge in [0.2, 0.25) is 0 Å². The fourth-order valence-electron chi connectivity index (χ4n) is 1.64. The lowest BCUT2D eigenvalue weighted by Crippen LogP contribution is -2.25. The highest BCUT2D eigenvalue weighted by Gasteiger charge is 2.01. The molecule has 0 radical (unpaired) electrons. The summed E-state index contributed by atoms with van der Waals surface area (Å²) in [5, 5.41) is 3.49. The molecule has 0 bridgehead atoms.